The largest absolute Gasteiger partial charge is 0.776 e. The van der Waals surface area contributed by atoms with Crippen LogP contribution < -0.4 is 0 Å². The quantitative estimate of drug-likeness (QED) is 0.291. The van der Waals surface area contributed by atoms with Crippen LogP contribution in [0.25, 0.3) is 4.98 Å². The van der Waals surface area contributed by atoms with E-state index < -0.39 is 0 Å². The molecule has 1 rings (SSSR count). The van der Waals surface area contributed by atoms with Crippen LogP contribution in [0.3, 0.4) is 0 Å². The van der Waals surface area contributed by atoms with Crippen molar-refractivity contribution in [3.05, 3.63) is 27.7 Å². The molecule has 0 aromatic heterocycles. The molecule has 0 atom stereocenters. The molecule has 0 saturated heterocycles. The van der Waals surface area contributed by atoms with Crippen molar-refractivity contribution in [3.63, 3.8) is 0 Å². The number of diazo groups is 1. The molecular weight excluding hydrogens is 132 g/mol. The topological polar surface area (TPSA) is 28.1 Å². The van der Waals surface area contributed by atoms with E-state index in [0.29, 0.717) is 12.1 Å². The molecule has 2 nitrogen and oxygen atoms in total. The normalized spacial score (nSPS) is 17.7. The minimum Gasteiger partial charge on any atom is -0.776 e. The van der Waals surface area contributed by atoms with Crippen molar-refractivity contribution in [3.8, 4) is 0 Å². The van der Waals surface area contributed by atoms with Crippen molar-refractivity contribution in [2.75, 3.05) is 0 Å². The van der Waals surface area contributed by atoms with Gasteiger partial charge in [0.1, 0.15) is 0 Å². The summed E-state index contributed by atoms with van der Waals surface area (Å²) in [4.78, 5) is 3.80. The first-order chi connectivity index (χ1) is 4.34. The molecule has 3 heteroatoms. The second-order valence-corrected chi connectivity index (χ2v) is 2.34. The lowest BCUT2D eigenvalue weighted by molar-refractivity contribution is 1.13. The number of allylic oxidation sites excluding steroid dienone is 3. The smallest absolute Gasteiger partial charge is 0.343 e. The van der Waals surface area contributed by atoms with Crippen molar-refractivity contribution < 1.29 is 0 Å². The Balaban J connectivity index is 2.79. The van der Waals surface area contributed by atoms with Gasteiger partial charge in [-0.25, -0.2) is 0 Å². The molecule has 0 aromatic rings. The lowest BCUT2D eigenvalue weighted by Gasteiger charge is -2.07. The number of nitrogens with zero attached hydrogens (tertiary/aromatic N) is 2. The van der Waals surface area contributed by atoms with Crippen molar-refractivity contribution in [1.82, 2.24) is 0 Å². The van der Waals surface area contributed by atoms with Crippen LogP contribution in [0.5, 0.6) is 0 Å². The molecular formula is C6H6N2S. The zero-order valence-corrected chi connectivity index (χ0v) is 5.69. The number of rotatable bonds is 0. The summed E-state index contributed by atoms with van der Waals surface area (Å²) in [6.45, 7) is 0. The summed E-state index contributed by atoms with van der Waals surface area (Å²) in [6.07, 6.45) is 5.35. The summed E-state index contributed by atoms with van der Waals surface area (Å²) in [5, 5.41) is 8.33. The summed E-state index contributed by atoms with van der Waals surface area (Å²) in [7, 11) is 0. The van der Waals surface area contributed by atoms with Gasteiger partial charge in [0, 0.05) is 0 Å². The van der Waals surface area contributed by atoms with Gasteiger partial charge in [-0.2, -0.15) is 0 Å². The standard InChI is InChI=1S/C6H6N2S/c7-8-5-3-1-2-4-6(5)9/h1-2H,3-4H2. The monoisotopic (exact) mass is 138 g/mol. The Labute approximate surface area is 59.3 Å². The Morgan fingerprint density at radius 2 is 2.11 bits per heavy atom. The first kappa shape index (κ1) is 6.24. The Morgan fingerprint density at radius 3 is 2.56 bits per heavy atom. The van der Waals surface area contributed by atoms with Gasteiger partial charge in [-0.1, -0.05) is 12.2 Å². The summed E-state index contributed by atoms with van der Waals surface area (Å²) in [5.74, 6) is 0. The average Bonchev–Trinajstić information content (AvgIpc) is 1.89. The molecule has 46 valence electrons. The zero-order chi connectivity index (χ0) is 6.69. The maximum absolute atomic E-state index is 8.33. The van der Waals surface area contributed by atoms with Crippen LogP contribution in [0.2, 0.25) is 0 Å². The van der Waals surface area contributed by atoms with Crippen LogP contribution in [0.15, 0.2) is 22.8 Å². The highest BCUT2D eigenvalue weighted by Gasteiger charge is 2.09. The maximum atomic E-state index is 8.33. The molecule has 1 aliphatic rings. The summed E-state index contributed by atoms with van der Waals surface area (Å²) < 4.78 is 0. The minimum atomic E-state index is 0.632. The predicted molar refractivity (Wildman–Crippen MR) is 37.8 cm³/mol. The van der Waals surface area contributed by atoms with Crippen LogP contribution in [0.1, 0.15) is 12.8 Å². The van der Waals surface area contributed by atoms with Crippen molar-refractivity contribution in [1.29, 1.82) is 5.39 Å². The SMILES string of the molecule is N#[N+]C1=C([S-])CC=CC1. The van der Waals surface area contributed by atoms with Crippen molar-refractivity contribution >= 4 is 12.6 Å². The fraction of sp³-hybridized carbons (Fsp3) is 0.333. The second kappa shape index (κ2) is 2.60. The summed E-state index contributed by atoms with van der Waals surface area (Å²) in [5.41, 5.74) is 0.632. The predicted octanol–water partition coefficient (Wildman–Crippen LogP) is 1.95. The first-order valence-corrected chi connectivity index (χ1v) is 3.14. The van der Waals surface area contributed by atoms with Gasteiger partial charge in [0.05, 0.1) is 6.42 Å². The van der Waals surface area contributed by atoms with Crippen molar-refractivity contribution in [2.45, 2.75) is 12.8 Å². The average molecular weight is 138 g/mol. The van der Waals surface area contributed by atoms with E-state index in [2.05, 4.69) is 4.98 Å². The van der Waals surface area contributed by atoms with Gasteiger partial charge >= 0.3 is 5.70 Å². The first-order valence-electron chi connectivity index (χ1n) is 2.73. The van der Waals surface area contributed by atoms with Crippen LogP contribution >= 0.6 is 0 Å². The highest BCUT2D eigenvalue weighted by atomic mass is 32.1. The van der Waals surface area contributed by atoms with E-state index >= 15 is 0 Å². The molecule has 0 amide bonds. The summed E-state index contributed by atoms with van der Waals surface area (Å²) in [6, 6.07) is 0. The molecule has 0 saturated carbocycles. The van der Waals surface area contributed by atoms with Gasteiger partial charge in [-0.05, 0) is 6.42 Å². The van der Waals surface area contributed by atoms with Crippen LogP contribution in [0, 0.1) is 5.39 Å². The van der Waals surface area contributed by atoms with E-state index in [-0.39, 0.29) is 0 Å². The second-order valence-electron chi connectivity index (χ2n) is 1.85. The molecule has 0 radical (unpaired) electrons. The van der Waals surface area contributed by atoms with E-state index in [9.17, 15) is 0 Å². The molecule has 9 heavy (non-hydrogen) atoms. The highest BCUT2D eigenvalue weighted by Crippen LogP contribution is 2.18. The molecule has 1 aliphatic carbocycles. The Bertz CT molecular complexity index is 210. The van der Waals surface area contributed by atoms with E-state index in [1.54, 1.807) is 0 Å². The van der Waals surface area contributed by atoms with Crippen LogP contribution in [-0.4, -0.2) is 0 Å². The summed E-state index contributed by atoms with van der Waals surface area (Å²) >= 11 is 4.88. The molecule has 0 heterocycles. The van der Waals surface area contributed by atoms with E-state index in [1.165, 1.54) is 0 Å². The molecule has 0 unspecified atom stereocenters. The fourth-order valence-electron chi connectivity index (χ4n) is 0.714. The van der Waals surface area contributed by atoms with E-state index in [4.69, 9.17) is 18.0 Å². The lowest BCUT2D eigenvalue weighted by Crippen LogP contribution is -1.87. The third kappa shape index (κ3) is 1.27. The van der Waals surface area contributed by atoms with Gasteiger partial charge in [0.25, 0.3) is 0 Å². The highest BCUT2D eigenvalue weighted by molar-refractivity contribution is 7.63. The molecule has 0 aromatic carbocycles. The maximum Gasteiger partial charge on any atom is 0.343 e. The van der Waals surface area contributed by atoms with Crippen LogP contribution in [0.4, 0.5) is 0 Å². The third-order valence-electron chi connectivity index (χ3n) is 1.22. The lowest BCUT2D eigenvalue weighted by atomic mass is 10.1. The van der Waals surface area contributed by atoms with E-state index in [0.717, 1.165) is 11.3 Å². The Morgan fingerprint density at radius 1 is 1.44 bits per heavy atom. The zero-order valence-electron chi connectivity index (χ0n) is 4.87. The molecule has 0 N–H and O–H groups in total. The molecule has 0 spiro atoms. The number of hydrogen-bond acceptors (Lipinski definition) is 2. The molecule has 0 bridgehead atoms. The fourth-order valence-corrected chi connectivity index (χ4v) is 0.934. The third-order valence-corrected chi connectivity index (χ3v) is 1.63. The van der Waals surface area contributed by atoms with Gasteiger partial charge in [0.2, 0.25) is 5.39 Å². The Kier molecular flexibility index (Phi) is 1.81. The Hall–Kier alpha value is -0.880. The van der Waals surface area contributed by atoms with Gasteiger partial charge in [-0.15, -0.1) is 4.91 Å². The van der Waals surface area contributed by atoms with Gasteiger partial charge in [0.15, 0.2) is 4.98 Å². The van der Waals surface area contributed by atoms with Gasteiger partial charge < -0.3 is 12.6 Å². The molecule has 0 aliphatic heterocycles. The number of hydrogen-bond donors (Lipinski definition) is 0. The van der Waals surface area contributed by atoms with Gasteiger partial charge in [-0.3, -0.25) is 0 Å². The minimum absolute atomic E-state index is 0.632. The van der Waals surface area contributed by atoms with Crippen LogP contribution in [-0.2, 0) is 12.6 Å². The van der Waals surface area contributed by atoms with Crippen molar-refractivity contribution in [2.24, 2.45) is 0 Å². The molecule has 0 fully saturated rings. The van der Waals surface area contributed by atoms with E-state index in [1.807, 2.05) is 12.2 Å².